The van der Waals surface area contributed by atoms with Crippen LogP contribution in [-0.2, 0) is 19.8 Å². The average Bonchev–Trinajstić information content (AvgIpc) is 3.45. The normalized spacial score (nSPS) is 26.0. The molecule has 1 aromatic carbocycles. The fraction of sp³-hybridized carbons (Fsp3) is 0.625. The highest BCUT2D eigenvalue weighted by atomic mass is 79.9. The molecular formula is C24H35BrFN3O4SSi. The molecule has 35 heavy (non-hydrogen) atoms. The number of carbonyl (C=O) groups is 2. The standard InChI is InChI=1S/C24H35BrFN3O4SSi/c1-22(2,3)33-21(31)29(14-32-10-11-35(5,6)7)20-28-23(4,16-12-15(25)8-9-17(16)26)18-13-24(18,34-20)19(27)30/h8-9,12,18H,10-11,13-14H2,1-7H3,(H2,27,30)/t18?,23-,24+/m1/s1. The summed E-state index contributed by atoms with van der Waals surface area (Å²) in [6.45, 7) is 14.2. The molecule has 1 fully saturated rings. The Bertz CT molecular complexity index is 1040. The van der Waals surface area contributed by atoms with Gasteiger partial charge in [-0.05, 0) is 58.4 Å². The predicted molar refractivity (Wildman–Crippen MR) is 144 cm³/mol. The van der Waals surface area contributed by atoms with Gasteiger partial charge in [0.2, 0.25) is 5.91 Å². The number of rotatable bonds is 7. The summed E-state index contributed by atoms with van der Waals surface area (Å²) in [6.07, 6.45) is -0.214. The largest absolute Gasteiger partial charge is 0.443 e. The van der Waals surface area contributed by atoms with Crippen molar-refractivity contribution in [3.05, 3.63) is 34.1 Å². The van der Waals surface area contributed by atoms with E-state index in [0.29, 0.717) is 23.1 Å². The summed E-state index contributed by atoms with van der Waals surface area (Å²) in [6, 6.07) is 5.56. The maximum atomic E-state index is 15.0. The molecule has 11 heteroatoms. The number of amides is 2. The van der Waals surface area contributed by atoms with Crippen LogP contribution in [0.4, 0.5) is 9.18 Å². The van der Waals surface area contributed by atoms with Crippen LogP contribution in [0.25, 0.3) is 0 Å². The van der Waals surface area contributed by atoms with E-state index in [1.165, 1.54) is 11.0 Å². The summed E-state index contributed by atoms with van der Waals surface area (Å²) >= 11 is 4.55. The molecule has 1 aliphatic carbocycles. The lowest BCUT2D eigenvalue weighted by atomic mass is 9.85. The quantitative estimate of drug-likeness (QED) is 0.251. The van der Waals surface area contributed by atoms with Crippen LogP contribution in [0, 0.1) is 11.7 Å². The van der Waals surface area contributed by atoms with E-state index in [4.69, 9.17) is 20.2 Å². The number of nitrogens with zero attached hydrogens (tertiary/aromatic N) is 2. The van der Waals surface area contributed by atoms with E-state index in [9.17, 15) is 9.59 Å². The average molecular weight is 589 g/mol. The Balaban J connectivity index is 2.03. The lowest BCUT2D eigenvalue weighted by molar-refractivity contribution is -0.118. The number of thioether (sulfide) groups is 1. The number of hydrogen-bond donors (Lipinski definition) is 1. The number of amidine groups is 1. The van der Waals surface area contributed by atoms with Crippen LogP contribution in [0.15, 0.2) is 27.7 Å². The first-order valence-corrected chi connectivity index (χ1v) is 16.9. The van der Waals surface area contributed by atoms with Gasteiger partial charge in [0, 0.05) is 30.6 Å². The molecule has 1 aliphatic heterocycles. The third kappa shape index (κ3) is 6.29. The maximum absolute atomic E-state index is 15.0. The molecule has 0 bridgehead atoms. The summed E-state index contributed by atoms with van der Waals surface area (Å²) < 4.78 is 26.3. The first-order chi connectivity index (χ1) is 16.0. The molecule has 2 N–H and O–H groups in total. The molecule has 2 amide bonds. The molecule has 194 valence electrons. The van der Waals surface area contributed by atoms with Gasteiger partial charge in [-0.2, -0.15) is 0 Å². The molecule has 1 heterocycles. The zero-order chi connectivity index (χ0) is 26.4. The molecule has 0 saturated heterocycles. The Labute approximate surface area is 220 Å². The van der Waals surface area contributed by atoms with Gasteiger partial charge in [-0.15, -0.1) is 0 Å². The van der Waals surface area contributed by atoms with E-state index in [-0.39, 0.29) is 17.8 Å². The molecular weight excluding hydrogens is 553 g/mol. The fourth-order valence-electron chi connectivity index (χ4n) is 4.08. The number of aliphatic imine (C=N–C) groups is 1. The van der Waals surface area contributed by atoms with Crippen LogP contribution in [-0.4, -0.2) is 53.8 Å². The second-order valence-electron chi connectivity index (χ2n) is 11.5. The van der Waals surface area contributed by atoms with Crippen LogP contribution in [0.5, 0.6) is 0 Å². The highest BCUT2D eigenvalue weighted by Gasteiger charge is 2.70. The zero-order valence-corrected chi connectivity index (χ0v) is 24.8. The van der Waals surface area contributed by atoms with Crippen LogP contribution >= 0.6 is 27.7 Å². The second-order valence-corrected chi connectivity index (χ2v) is 19.4. The molecule has 3 atom stereocenters. The Hall–Kier alpha value is -1.43. The number of nitrogens with two attached hydrogens (primary N) is 1. The van der Waals surface area contributed by atoms with Crippen molar-refractivity contribution in [2.45, 2.75) is 75.7 Å². The van der Waals surface area contributed by atoms with Crippen LogP contribution in [0.2, 0.25) is 25.7 Å². The highest BCUT2D eigenvalue weighted by Crippen LogP contribution is 2.66. The van der Waals surface area contributed by atoms with Crippen molar-refractivity contribution in [2.75, 3.05) is 13.3 Å². The maximum Gasteiger partial charge on any atom is 0.418 e. The van der Waals surface area contributed by atoms with E-state index >= 15 is 4.39 Å². The molecule has 7 nitrogen and oxygen atoms in total. The molecule has 1 saturated carbocycles. The Morgan fingerprint density at radius 1 is 1.34 bits per heavy atom. The highest BCUT2D eigenvalue weighted by molar-refractivity contribution is 9.10. The van der Waals surface area contributed by atoms with Gasteiger partial charge >= 0.3 is 6.09 Å². The molecule has 0 spiro atoms. The van der Waals surface area contributed by atoms with E-state index in [2.05, 4.69) is 35.6 Å². The zero-order valence-electron chi connectivity index (χ0n) is 21.4. The lowest BCUT2D eigenvalue weighted by Crippen LogP contribution is -2.48. The summed E-state index contributed by atoms with van der Waals surface area (Å²) in [4.78, 5) is 32.0. The SMILES string of the molecule is CC(C)(C)OC(=O)N(COCC[Si](C)(C)C)C1=N[C@](C)(c2cc(Br)ccc2F)C2C[C@]2(C(N)=O)S1. The topological polar surface area (TPSA) is 94.2 Å². The minimum atomic E-state index is -1.35. The predicted octanol–water partition coefficient (Wildman–Crippen LogP) is 5.70. The van der Waals surface area contributed by atoms with Gasteiger partial charge in [0.25, 0.3) is 0 Å². The van der Waals surface area contributed by atoms with Crippen molar-refractivity contribution in [1.82, 2.24) is 4.90 Å². The summed E-state index contributed by atoms with van der Waals surface area (Å²) in [7, 11) is -1.35. The Kier molecular flexibility index (Phi) is 7.87. The number of hydrogen-bond acceptors (Lipinski definition) is 6. The molecule has 3 rings (SSSR count). The smallest absolute Gasteiger partial charge is 0.418 e. The number of halogens is 2. The third-order valence-electron chi connectivity index (χ3n) is 6.14. The van der Waals surface area contributed by atoms with Crippen LogP contribution in [0.3, 0.4) is 0 Å². The Morgan fingerprint density at radius 3 is 2.57 bits per heavy atom. The number of ether oxygens (including phenoxy) is 2. The minimum Gasteiger partial charge on any atom is -0.443 e. The van der Waals surface area contributed by atoms with Gasteiger partial charge in [0.15, 0.2) is 5.17 Å². The van der Waals surface area contributed by atoms with E-state index in [1.807, 2.05) is 0 Å². The van der Waals surface area contributed by atoms with Crippen molar-refractivity contribution in [2.24, 2.45) is 16.6 Å². The van der Waals surface area contributed by atoms with Gasteiger partial charge in [-0.1, -0.05) is 47.3 Å². The van der Waals surface area contributed by atoms with Gasteiger partial charge < -0.3 is 15.2 Å². The summed E-state index contributed by atoms with van der Waals surface area (Å²) in [5.41, 5.74) is 4.31. The van der Waals surface area contributed by atoms with Crippen molar-refractivity contribution in [1.29, 1.82) is 0 Å². The Morgan fingerprint density at radius 2 is 2.00 bits per heavy atom. The first kappa shape index (κ1) is 28.1. The van der Waals surface area contributed by atoms with Crippen molar-refractivity contribution in [3.63, 3.8) is 0 Å². The van der Waals surface area contributed by atoms with Gasteiger partial charge in [0.1, 0.15) is 22.9 Å². The molecule has 2 aliphatic rings. The molecule has 0 aromatic heterocycles. The first-order valence-electron chi connectivity index (χ1n) is 11.6. The number of benzene rings is 1. The number of primary amides is 1. The monoisotopic (exact) mass is 587 g/mol. The van der Waals surface area contributed by atoms with Crippen molar-refractivity contribution >= 4 is 52.9 Å². The van der Waals surface area contributed by atoms with Crippen LogP contribution in [0.1, 0.15) is 39.7 Å². The van der Waals surface area contributed by atoms with Gasteiger partial charge in [-0.25, -0.2) is 14.1 Å². The van der Waals surface area contributed by atoms with Crippen molar-refractivity contribution < 1.29 is 23.5 Å². The van der Waals surface area contributed by atoms with E-state index in [0.717, 1.165) is 17.8 Å². The van der Waals surface area contributed by atoms with Gasteiger partial charge in [-0.3, -0.25) is 9.79 Å². The van der Waals surface area contributed by atoms with E-state index < -0.39 is 41.8 Å². The number of fused-ring (bicyclic) bond motifs is 1. The lowest BCUT2D eigenvalue weighted by Gasteiger charge is -2.37. The molecule has 1 aromatic rings. The van der Waals surface area contributed by atoms with Crippen LogP contribution < -0.4 is 5.73 Å². The fourth-order valence-corrected chi connectivity index (χ4v) is 6.72. The third-order valence-corrected chi connectivity index (χ3v) is 9.85. The van der Waals surface area contributed by atoms with Gasteiger partial charge in [0.05, 0.1) is 5.54 Å². The summed E-state index contributed by atoms with van der Waals surface area (Å²) in [5.74, 6) is -1.25. The second kappa shape index (κ2) is 9.79. The minimum absolute atomic E-state index is 0.0955. The number of carbonyl (C=O) groups excluding carboxylic acids is 2. The molecule has 1 unspecified atom stereocenters. The summed E-state index contributed by atoms with van der Waals surface area (Å²) in [5, 5.41) is 0.238. The van der Waals surface area contributed by atoms with E-state index in [1.54, 1.807) is 39.8 Å². The molecule has 0 radical (unpaired) electrons. The van der Waals surface area contributed by atoms with Crippen molar-refractivity contribution in [3.8, 4) is 0 Å².